The number of carbonyl (C=O) groups excluding carboxylic acids is 1. The number of aromatic hydroxyl groups is 1. The third-order valence-electron chi connectivity index (χ3n) is 10.4. The second-order valence-corrected chi connectivity index (χ2v) is 14.1. The summed E-state index contributed by atoms with van der Waals surface area (Å²) in [4.78, 5) is 15.3. The fourth-order valence-corrected chi connectivity index (χ4v) is 7.14. The number of hydrogen-bond acceptors (Lipinski definition) is 5. The summed E-state index contributed by atoms with van der Waals surface area (Å²) in [6, 6.07) is 11.1. The average molecular weight is 746 g/mol. The zero-order valence-corrected chi connectivity index (χ0v) is 31.3. The number of allylic oxidation sites excluding steroid dienone is 5. The van der Waals surface area contributed by atoms with Gasteiger partial charge in [-0.25, -0.2) is 13.2 Å². The number of halogens is 4. The van der Waals surface area contributed by atoms with Crippen molar-refractivity contribution in [2.45, 2.75) is 79.1 Å². The molecule has 0 saturated heterocycles. The summed E-state index contributed by atoms with van der Waals surface area (Å²) in [5.41, 5.74) is 0.921. The molecule has 0 fully saturated rings. The fourth-order valence-electron chi connectivity index (χ4n) is 7.14. The first-order chi connectivity index (χ1) is 25.9. The Morgan fingerprint density at radius 1 is 0.741 bits per heavy atom. The van der Waals surface area contributed by atoms with Crippen molar-refractivity contribution in [1.82, 2.24) is 0 Å². The lowest BCUT2D eigenvalue weighted by atomic mass is 9.79. The van der Waals surface area contributed by atoms with Crippen molar-refractivity contribution < 1.29 is 42.3 Å². The molecule has 2 aliphatic carbocycles. The number of unbranched alkanes of at least 4 members (excludes halogenated alkanes) is 2. The zero-order valence-electron chi connectivity index (χ0n) is 31.3. The summed E-state index contributed by atoms with van der Waals surface area (Å²) in [5, 5.41) is 33.6. The van der Waals surface area contributed by atoms with Gasteiger partial charge >= 0.3 is 0 Å². The molecular weight excluding hydrogens is 696 g/mol. The topological polar surface area (TPSA) is 84.0 Å². The van der Waals surface area contributed by atoms with Crippen LogP contribution in [0.15, 0.2) is 95.5 Å². The first-order valence-electron chi connectivity index (χ1n) is 18.9. The van der Waals surface area contributed by atoms with Crippen LogP contribution in [0.1, 0.15) is 84.6 Å². The van der Waals surface area contributed by atoms with Gasteiger partial charge in [0, 0.05) is 59.6 Å². The quantitative estimate of drug-likeness (QED) is 0.0772. The van der Waals surface area contributed by atoms with Gasteiger partial charge in [-0.2, -0.15) is 8.97 Å². The molecule has 2 unspecified atom stereocenters. The normalized spacial score (nSPS) is 17.7. The SMILES string of the molecule is CCCCC(CC)CN(c1ccc(C2=C(O)/C(=C3/C=CC(=[N+](CC(CC)CCCC)c4ccc(F)cc4F)C=C3O)C2=O)c(O)c1)c1ccc(F)cc1F. The van der Waals surface area contributed by atoms with Crippen LogP contribution in [0.5, 0.6) is 5.75 Å². The van der Waals surface area contributed by atoms with Gasteiger partial charge in [-0.15, -0.1) is 0 Å². The van der Waals surface area contributed by atoms with E-state index >= 15 is 8.78 Å². The molecule has 0 amide bonds. The first kappa shape index (κ1) is 40.1. The van der Waals surface area contributed by atoms with Crippen molar-refractivity contribution >= 4 is 34.1 Å². The van der Waals surface area contributed by atoms with Crippen LogP contribution in [0, 0.1) is 35.1 Å². The number of ketones is 1. The molecule has 3 N–H and O–H groups in total. The van der Waals surface area contributed by atoms with Crippen LogP contribution in [0.2, 0.25) is 0 Å². The van der Waals surface area contributed by atoms with E-state index in [1.807, 2.05) is 0 Å². The highest BCUT2D eigenvalue weighted by atomic mass is 19.1. The Labute approximate surface area is 314 Å². The highest BCUT2D eigenvalue weighted by molar-refractivity contribution is 6.40. The van der Waals surface area contributed by atoms with E-state index in [4.69, 9.17) is 0 Å². The summed E-state index contributed by atoms with van der Waals surface area (Å²) < 4.78 is 59.6. The van der Waals surface area contributed by atoms with Crippen LogP contribution in [0.4, 0.5) is 34.6 Å². The highest BCUT2D eigenvalue weighted by Gasteiger charge is 2.40. The second-order valence-electron chi connectivity index (χ2n) is 14.1. The molecule has 10 heteroatoms. The van der Waals surface area contributed by atoms with Gasteiger partial charge in [0.25, 0.3) is 0 Å². The fraction of sp³-hybridized carbons (Fsp3) is 0.364. The van der Waals surface area contributed by atoms with Gasteiger partial charge in [0.2, 0.25) is 17.2 Å². The predicted octanol–water partition coefficient (Wildman–Crippen LogP) is 11.5. The number of anilines is 2. The molecule has 0 bridgehead atoms. The summed E-state index contributed by atoms with van der Waals surface area (Å²) >= 11 is 0. The second kappa shape index (κ2) is 17.8. The van der Waals surface area contributed by atoms with Gasteiger partial charge < -0.3 is 20.2 Å². The smallest absolute Gasteiger partial charge is 0.241 e. The van der Waals surface area contributed by atoms with E-state index in [9.17, 15) is 28.9 Å². The molecule has 0 radical (unpaired) electrons. The number of phenolic OH excluding ortho intramolecular Hbond substituents is 1. The molecule has 6 nitrogen and oxygen atoms in total. The minimum Gasteiger partial charge on any atom is -0.507 e. The van der Waals surface area contributed by atoms with Crippen molar-refractivity contribution in [3.63, 3.8) is 0 Å². The van der Waals surface area contributed by atoms with Crippen LogP contribution >= 0.6 is 0 Å². The number of aliphatic hydroxyl groups is 2. The number of benzene rings is 3. The first-order valence-corrected chi connectivity index (χ1v) is 18.9. The van der Waals surface area contributed by atoms with Crippen LogP contribution in [-0.2, 0) is 4.79 Å². The zero-order chi connectivity index (χ0) is 39.1. The lowest BCUT2D eigenvalue weighted by Gasteiger charge is -2.30. The molecule has 0 aromatic heterocycles. The van der Waals surface area contributed by atoms with Gasteiger partial charge in [0.1, 0.15) is 34.7 Å². The van der Waals surface area contributed by atoms with E-state index in [-0.39, 0.29) is 57.0 Å². The molecule has 3 aromatic rings. The van der Waals surface area contributed by atoms with Crippen LogP contribution in [-0.4, -0.2) is 44.5 Å². The Morgan fingerprint density at radius 3 is 1.96 bits per heavy atom. The Morgan fingerprint density at radius 2 is 1.39 bits per heavy atom. The predicted molar refractivity (Wildman–Crippen MR) is 206 cm³/mol. The summed E-state index contributed by atoms with van der Waals surface area (Å²) in [6.07, 6.45) is 11.9. The third kappa shape index (κ3) is 8.64. The summed E-state index contributed by atoms with van der Waals surface area (Å²) in [6.45, 7) is 9.09. The molecular formula is C44H49F4N2O4+. The van der Waals surface area contributed by atoms with Crippen molar-refractivity contribution in [2.24, 2.45) is 11.8 Å². The molecule has 0 spiro atoms. The monoisotopic (exact) mass is 745 g/mol. The summed E-state index contributed by atoms with van der Waals surface area (Å²) in [5.74, 6) is -4.27. The molecule has 0 aliphatic heterocycles. The lowest BCUT2D eigenvalue weighted by molar-refractivity contribution is -0.451. The molecule has 0 heterocycles. The van der Waals surface area contributed by atoms with E-state index in [1.54, 1.807) is 21.6 Å². The number of nitrogens with zero attached hydrogens (tertiary/aromatic N) is 2. The van der Waals surface area contributed by atoms with Gasteiger partial charge in [0.05, 0.1) is 22.9 Å². The Balaban J connectivity index is 1.50. The van der Waals surface area contributed by atoms with E-state index in [0.29, 0.717) is 24.5 Å². The Bertz CT molecular complexity index is 2050. The number of phenols is 1. The Kier molecular flexibility index (Phi) is 13.2. The lowest BCUT2D eigenvalue weighted by Crippen LogP contribution is -2.27. The molecule has 0 saturated carbocycles. The summed E-state index contributed by atoms with van der Waals surface area (Å²) in [7, 11) is 0. The number of hydrogen-bond donors (Lipinski definition) is 3. The molecule has 5 rings (SSSR count). The van der Waals surface area contributed by atoms with E-state index in [2.05, 4.69) is 27.7 Å². The maximum Gasteiger partial charge on any atom is 0.241 e. The molecule has 2 atom stereocenters. The van der Waals surface area contributed by atoms with Gasteiger partial charge in [-0.05, 0) is 61.6 Å². The van der Waals surface area contributed by atoms with Gasteiger partial charge in [0.15, 0.2) is 12.4 Å². The van der Waals surface area contributed by atoms with Crippen molar-refractivity contribution in [1.29, 1.82) is 0 Å². The van der Waals surface area contributed by atoms with E-state index in [1.165, 1.54) is 48.6 Å². The number of aliphatic hydroxyl groups excluding tert-OH is 2. The van der Waals surface area contributed by atoms with Crippen LogP contribution in [0.25, 0.3) is 5.57 Å². The van der Waals surface area contributed by atoms with Gasteiger partial charge in [-0.1, -0.05) is 59.8 Å². The molecule has 3 aromatic carbocycles. The molecule has 54 heavy (non-hydrogen) atoms. The highest BCUT2D eigenvalue weighted by Crippen LogP contribution is 2.44. The van der Waals surface area contributed by atoms with Gasteiger partial charge in [-0.3, -0.25) is 4.79 Å². The Hall–Kier alpha value is -5.12. The van der Waals surface area contributed by atoms with Crippen molar-refractivity contribution in [3.8, 4) is 5.75 Å². The number of rotatable bonds is 16. The van der Waals surface area contributed by atoms with E-state index in [0.717, 1.165) is 63.5 Å². The minimum atomic E-state index is -0.754. The van der Waals surface area contributed by atoms with E-state index < -0.39 is 34.8 Å². The maximum atomic E-state index is 15.1. The van der Waals surface area contributed by atoms with Crippen molar-refractivity contribution in [2.75, 3.05) is 18.0 Å². The van der Waals surface area contributed by atoms with Crippen LogP contribution in [0.3, 0.4) is 0 Å². The third-order valence-corrected chi connectivity index (χ3v) is 10.4. The van der Waals surface area contributed by atoms with Crippen molar-refractivity contribution in [3.05, 3.63) is 124 Å². The minimum absolute atomic E-state index is 0.0503. The maximum absolute atomic E-state index is 15.1. The number of carbonyl (C=O) groups is 1. The standard InChI is InChI=1S/C44H48F4N2O4/c1-5-9-11-27(7-3)25-49(37-19-13-29(45)21-35(37)47)31-15-17-33(39(51)23-31)41-43(53)42(44(41)54)34-18-16-32(24-40(34)52)50(26-28(8-4)12-10-6-2)38-20-14-30(46)22-36(38)48/h13-24,27-28H,5-12,25-26H2,1-4H3,(H2,51,52,53,54)/p+1. The average Bonchev–Trinajstić information content (AvgIpc) is 3.14. The number of Topliss-reactive ketones (excluding diaryl/α,β-unsaturated/α-hetero) is 1. The largest absolute Gasteiger partial charge is 0.507 e. The molecule has 286 valence electrons. The molecule has 2 aliphatic rings. The van der Waals surface area contributed by atoms with Crippen LogP contribution < -0.4 is 4.90 Å².